The van der Waals surface area contributed by atoms with Crippen LogP contribution >= 0.6 is 0 Å². The van der Waals surface area contributed by atoms with Gasteiger partial charge in [0.2, 0.25) is 0 Å². The molecule has 9 rings (SSSR count). The van der Waals surface area contributed by atoms with Crippen molar-refractivity contribution >= 4 is 55.8 Å². The molecule has 0 radical (unpaired) electrons. The van der Waals surface area contributed by atoms with Crippen molar-refractivity contribution in [1.29, 1.82) is 0 Å². The van der Waals surface area contributed by atoms with Crippen molar-refractivity contribution in [3.8, 4) is 22.3 Å². The van der Waals surface area contributed by atoms with Crippen LogP contribution in [0.4, 0.5) is 17.1 Å². The summed E-state index contributed by atoms with van der Waals surface area (Å²) in [4.78, 5) is 2.41. The Morgan fingerprint density at radius 3 is 1.91 bits per heavy atom. The van der Waals surface area contributed by atoms with E-state index in [-0.39, 0.29) is 0 Å². The summed E-state index contributed by atoms with van der Waals surface area (Å²) in [7, 11) is 0. The first kappa shape index (κ1) is 26.5. The summed E-state index contributed by atoms with van der Waals surface area (Å²) in [5, 5.41) is 4.61. The van der Waals surface area contributed by atoms with Crippen molar-refractivity contribution in [1.82, 2.24) is 0 Å². The van der Waals surface area contributed by atoms with Gasteiger partial charge in [-0.05, 0) is 106 Å². The monoisotopic (exact) mass is 589 g/mol. The van der Waals surface area contributed by atoms with Crippen molar-refractivity contribution < 1.29 is 4.42 Å². The molecule has 46 heavy (non-hydrogen) atoms. The van der Waals surface area contributed by atoms with E-state index in [1.54, 1.807) is 0 Å². The van der Waals surface area contributed by atoms with E-state index in [4.69, 9.17) is 4.42 Å². The molecule has 7 aromatic carbocycles. The number of fused-ring (bicyclic) bond motifs is 5. The third kappa shape index (κ3) is 4.58. The van der Waals surface area contributed by atoms with E-state index >= 15 is 0 Å². The summed E-state index contributed by atoms with van der Waals surface area (Å²) >= 11 is 0. The third-order valence-corrected chi connectivity index (χ3v) is 9.26. The van der Waals surface area contributed by atoms with Gasteiger partial charge in [0.1, 0.15) is 11.2 Å². The van der Waals surface area contributed by atoms with Crippen LogP contribution in [-0.4, -0.2) is 0 Å². The van der Waals surface area contributed by atoms with Crippen molar-refractivity contribution in [2.24, 2.45) is 0 Å². The number of hydrogen-bond donors (Lipinski definition) is 0. The molecule has 0 saturated carbocycles. The van der Waals surface area contributed by atoms with E-state index in [0.29, 0.717) is 0 Å². The third-order valence-electron chi connectivity index (χ3n) is 9.26. The van der Waals surface area contributed by atoms with Crippen molar-refractivity contribution in [3.63, 3.8) is 0 Å². The Balaban J connectivity index is 1.34. The Bertz CT molecular complexity index is 2400. The van der Waals surface area contributed by atoms with Crippen LogP contribution in [0, 0.1) is 0 Å². The maximum Gasteiger partial charge on any atom is 0.138 e. The van der Waals surface area contributed by atoms with Crippen molar-refractivity contribution in [3.05, 3.63) is 169 Å². The molecule has 2 heteroatoms. The zero-order valence-corrected chi connectivity index (χ0v) is 25.4. The lowest BCUT2D eigenvalue weighted by Crippen LogP contribution is -2.11. The molecule has 218 valence electrons. The van der Waals surface area contributed by atoms with Crippen LogP contribution in [0.5, 0.6) is 0 Å². The Hall–Kier alpha value is -5.86. The molecule has 0 atom stereocenters. The van der Waals surface area contributed by atoms with Crippen LogP contribution in [0.2, 0.25) is 0 Å². The van der Waals surface area contributed by atoms with Gasteiger partial charge in [0.25, 0.3) is 0 Å². The Morgan fingerprint density at radius 1 is 0.500 bits per heavy atom. The Kier molecular flexibility index (Phi) is 6.31. The first-order valence-electron chi connectivity index (χ1n) is 16.0. The molecule has 0 saturated heterocycles. The van der Waals surface area contributed by atoms with Gasteiger partial charge in [-0.3, -0.25) is 0 Å². The van der Waals surface area contributed by atoms with Gasteiger partial charge in [-0.2, -0.15) is 0 Å². The average Bonchev–Trinajstić information content (AvgIpc) is 3.49. The second-order valence-corrected chi connectivity index (χ2v) is 12.1. The van der Waals surface area contributed by atoms with Gasteiger partial charge in [-0.15, -0.1) is 0 Å². The number of hydrogen-bond acceptors (Lipinski definition) is 2. The Labute approximate surface area is 268 Å². The summed E-state index contributed by atoms with van der Waals surface area (Å²) in [6.07, 6.45) is 6.72. The van der Waals surface area contributed by atoms with Gasteiger partial charge < -0.3 is 9.32 Å². The number of nitrogens with zero attached hydrogens (tertiary/aromatic N) is 1. The van der Waals surface area contributed by atoms with Crippen LogP contribution < -0.4 is 4.90 Å². The summed E-state index contributed by atoms with van der Waals surface area (Å²) in [6.45, 7) is 0. The summed E-state index contributed by atoms with van der Waals surface area (Å²) < 4.78 is 6.71. The molecule has 0 spiro atoms. The number of allylic oxidation sites excluding steroid dienone is 1. The van der Waals surface area contributed by atoms with E-state index in [0.717, 1.165) is 63.0 Å². The van der Waals surface area contributed by atoms with Gasteiger partial charge in [-0.1, -0.05) is 115 Å². The molecule has 1 aromatic heterocycles. The van der Waals surface area contributed by atoms with E-state index < -0.39 is 0 Å². The molecule has 8 aromatic rings. The van der Waals surface area contributed by atoms with Crippen molar-refractivity contribution in [2.75, 3.05) is 4.90 Å². The minimum atomic E-state index is 0.880. The predicted molar refractivity (Wildman–Crippen MR) is 194 cm³/mol. The predicted octanol–water partition coefficient (Wildman–Crippen LogP) is 12.5. The largest absolute Gasteiger partial charge is 0.456 e. The number of rotatable bonds is 5. The molecule has 0 amide bonds. The van der Waals surface area contributed by atoms with E-state index in [9.17, 15) is 0 Å². The molecule has 0 aliphatic heterocycles. The van der Waals surface area contributed by atoms with E-state index in [1.165, 1.54) is 33.0 Å². The van der Waals surface area contributed by atoms with Gasteiger partial charge in [-0.25, -0.2) is 0 Å². The van der Waals surface area contributed by atoms with Crippen LogP contribution in [0.15, 0.2) is 162 Å². The second-order valence-electron chi connectivity index (χ2n) is 12.1. The standard InChI is InChI=1S/C44H31NO/c1-3-11-30(12-4-1)33-19-22-38(23-20-33)45(39-24-21-32-15-7-8-16-34(32)25-39)41-27-37(31-13-5-2-6-14-31)29-43-44(41)40-26-35-17-9-10-18-36(35)28-42(40)46-43/h1-6,8-14,16-29H,7,15H2. The zero-order chi connectivity index (χ0) is 30.5. The van der Waals surface area contributed by atoms with Crippen molar-refractivity contribution in [2.45, 2.75) is 12.8 Å². The molecule has 1 aliphatic carbocycles. The normalized spacial score (nSPS) is 12.5. The zero-order valence-electron chi connectivity index (χ0n) is 25.4. The lowest BCUT2D eigenvalue weighted by Gasteiger charge is -2.28. The van der Waals surface area contributed by atoms with Gasteiger partial charge >= 0.3 is 0 Å². The smallest absolute Gasteiger partial charge is 0.138 e. The lowest BCUT2D eigenvalue weighted by atomic mass is 9.95. The van der Waals surface area contributed by atoms with E-state index in [2.05, 4.69) is 169 Å². The van der Waals surface area contributed by atoms with Crippen LogP contribution in [0.1, 0.15) is 17.5 Å². The topological polar surface area (TPSA) is 16.4 Å². The summed E-state index contributed by atoms with van der Waals surface area (Å²) in [5.41, 5.74) is 12.5. The highest BCUT2D eigenvalue weighted by Crippen LogP contribution is 2.46. The fourth-order valence-electron chi connectivity index (χ4n) is 6.96. The molecule has 1 heterocycles. The molecule has 2 nitrogen and oxygen atoms in total. The Morgan fingerprint density at radius 2 is 1.15 bits per heavy atom. The molecule has 0 bridgehead atoms. The summed E-state index contributed by atoms with van der Waals surface area (Å²) in [5.74, 6) is 0. The molecular formula is C44H31NO. The SMILES string of the molecule is C1=Cc2cc(N(c3ccc(-c4ccccc4)cc3)c3cc(-c4ccccc4)cc4oc5cc6ccccc6cc5c34)ccc2CC1. The highest BCUT2D eigenvalue weighted by molar-refractivity contribution is 6.17. The molecular weight excluding hydrogens is 558 g/mol. The van der Waals surface area contributed by atoms with E-state index in [1.807, 2.05) is 0 Å². The van der Waals surface area contributed by atoms with Gasteiger partial charge in [0, 0.05) is 16.8 Å². The molecule has 1 aliphatic rings. The highest BCUT2D eigenvalue weighted by Gasteiger charge is 2.22. The minimum Gasteiger partial charge on any atom is -0.456 e. The average molecular weight is 590 g/mol. The first-order chi connectivity index (χ1) is 22.8. The fourth-order valence-corrected chi connectivity index (χ4v) is 6.96. The highest BCUT2D eigenvalue weighted by atomic mass is 16.3. The van der Waals surface area contributed by atoms with Gasteiger partial charge in [0.15, 0.2) is 0 Å². The maximum atomic E-state index is 6.71. The number of anilines is 3. The number of furan rings is 1. The number of aryl methyl sites for hydroxylation is 1. The molecule has 0 N–H and O–H groups in total. The minimum absolute atomic E-state index is 0.880. The number of benzene rings is 7. The first-order valence-corrected chi connectivity index (χ1v) is 16.0. The lowest BCUT2D eigenvalue weighted by molar-refractivity contribution is 0.669. The fraction of sp³-hybridized carbons (Fsp3) is 0.0455. The van der Waals surface area contributed by atoms with Crippen LogP contribution in [0.3, 0.4) is 0 Å². The molecule has 0 fully saturated rings. The second kappa shape index (κ2) is 10.9. The quantitative estimate of drug-likeness (QED) is 0.199. The van der Waals surface area contributed by atoms with Crippen LogP contribution in [0.25, 0.3) is 61.0 Å². The summed E-state index contributed by atoms with van der Waals surface area (Å²) in [6, 6.07) is 54.6. The van der Waals surface area contributed by atoms with Crippen LogP contribution in [-0.2, 0) is 6.42 Å². The molecule has 0 unspecified atom stereocenters. The van der Waals surface area contributed by atoms with Gasteiger partial charge in [0.05, 0.1) is 11.1 Å². The maximum absolute atomic E-state index is 6.71.